The molecule has 3 heterocycles. The fraction of sp³-hybridized carbons (Fsp3) is 0.385. The number of thioether (sulfide) groups is 1. The van der Waals surface area contributed by atoms with Crippen LogP contribution in [0.1, 0.15) is 40.2 Å². The maximum absolute atomic E-state index is 13.0. The molecule has 0 unspecified atom stereocenters. The van der Waals surface area contributed by atoms with E-state index in [-0.39, 0.29) is 5.91 Å². The van der Waals surface area contributed by atoms with Crippen molar-refractivity contribution in [2.75, 3.05) is 26.3 Å². The first-order valence-corrected chi connectivity index (χ1v) is 12.3. The standard InChI is InChI=1S/C26H28N2O4S/c1-18-3-9-22(10-4-18)33-17-23-19(2)32-24(27-23)20-5-7-21(8-6-20)25(29)28-13-11-26(12-14-28)30-15-16-31-26/h3-10H,11-17H2,1-2H3. The predicted molar refractivity (Wildman–Crippen MR) is 127 cm³/mol. The highest BCUT2D eigenvalue weighted by molar-refractivity contribution is 7.98. The monoisotopic (exact) mass is 464 g/mol. The van der Waals surface area contributed by atoms with Crippen LogP contribution in [0.4, 0.5) is 0 Å². The lowest BCUT2D eigenvalue weighted by molar-refractivity contribution is -0.181. The van der Waals surface area contributed by atoms with Gasteiger partial charge in [0.2, 0.25) is 5.89 Å². The Hall–Kier alpha value is -2.61. The van der Waals surface area contributed by atoms with Crippen molar-refractivity contribution in [1.29, 1.82) is 0 Å². The van der Waals surface area contributed by atoms with Crippen LogP contribution in [0.15, 0.2) is 57.8 Å². The van der Waals surface area contributed by atoms with Gasteiger partial charge in [-0.1, -0.05) is 17.7 Å². The van der Waals surface area contributed by atoms with Gasteiger partial charge in [0.1, 0.15) is 5.76 Å². The maximum atomic E-state index is 13.0. The normalized spacial score (nSPS) is 17.6. The number of carbonyl (C=O) groups excluding carboxylic acids is 1. The number of likely N-dealkylation sites (tertiary alicyclic amines) is 1. The molecule has 0 radical (unpaired) electrons. The van der Waals surface area contributed by atoms with Crippen molar-refractivity contribution in [3.05, 3.63) is 71.1 Å². The summed E-state index contributed by atoms with van der Waals surface area (Å²) in [5.74, 6) is 1.72. The minimum Gasteiger partial charge on any atom is -0.441 e. The molecule has 1 aromatic heterocycles. The molecule has 7 heteroatoms. The van der Waals surface area contributed by atoms with E-state index in [0.717, 1.165) is 35.6 Å². The van der Waals surface area contributed by atoms with E-state index in [2.05, 4.69) is 31.2 Å². The molecule has 2 aliphatic rings. The number of benzene rings is 2. The van der Waals surface area contributed by atoms with Gasteiger partial charge in [0.15, 0.2) is 5.79 Å². The molecule has 6 nitrogen and oxygen atoms in total. The van der Waals surface area contributed by atoms with Crippen LogP contribution < -0.4 is 0 Å². The molecule has 2 aromatic carbocycles. The Morgan fingerprint density at radius 1 is 1.00 bits per heavy atom. The van der Waals surface area contributed by atoms with E-state index in [1.165, 1.54) is 10.5 Å². The average molecular weight is 465 g/mol. The summed E-state index contributed by atoms with van der Waals surface area (Å²) >= 11 is 1.74. The Morgan fingerprint density at radius 2 is 1.67 bits per heavy atom. The van der Waals surface area contributed by atoms with Gasteiger partial charge >= 0.3 is 0 Å². The molecule has 0 aliphatic carbocycles. The van der Waals surface area contributed by atoms with Crippen LogP contribution >= 0.6 is 11.8 Å². The molecule has 1 amide bonds. The van der Waals surface area contributed by atoms with E-state index in [1.807, 2.05) is 36.1 Å². The number of hydrogen-bond acceptors (Lipinski definition) is 6. The Bertz CT molecular complexity index is 1110. The molecular weight excluding hydrogens is 436 g/mol. The van der Waals surface area contributed by atoms with Gasteiger partial charge in [-0.2, -0.15) is 0 Å². The van der Waals surface area contributed by atoms with Gasteiger partial charge in [0, 0.05) is 47.7 Å². The lowest BCUT2D eigenvalue weighted by Gasteiger charge is -2.37. The summed E-state index contributed by atoms with van der Waals surface area (Å²) in [7, 11) is 0. The molecule has 0 bridgehead atoms. The highest BCUT2D eigenvalue weighted by Gasteiger charge is 2.40. The van der Waals surface area contributed by atoms with Gasteiger partial charge in [-0.3, -0.25) is 4.79 Å². The first-order chi connectivity index (χ1) is 16.0. The van der Waals surface area contributed by atoms with Crippen molar-refractivity contribution in [3.63, 3.8) is 0 Å². The minimum atomic E-state index is -0.473. The van der Waals surface area contributed by atoms with Gasteiger partial charge in [0.25, 0.3) is 5.91 Å². The average Bonchev–Trinajstić information content (AvgIpc) is 3.45. The molecule has 0 N–H and O–H groups in total. The summed E-state index contributed by atoms with van der Waals surface area (Å²) in [4.78, 5) is 20.7. The number of oxazole rings is 1. The van der Waals surface area contributed by atoms with Crippen molar-refractivity contribution in [2.45, 2.75) is 43.1 Å². The lowest BCUT2D eigenvalue weighted by Crippen LogP contribution is -2.47. The molecule has 1 spiro atoms. The van der Waals surface area contributed by atoms with E-state index in [0.29, 0.717) is 37.8 Å². The number of piperidine rings is 1. The molecule has 172 valence electrons. The largest absolute Gasteiger partial charge is 0.441 e. The molecule has 2 saturated heterocycles. The SMILES string of the molecule is Cc1ccc(SCc2nc(-c3ccc(C(=O)N4CCC5(CC4)OCCO5)cc3)oc2C)cc1. The molecule has 2 aliphatic heterocycles. The third-order valence-corrected chi connectivity index (χ3v) is 7.32. The zero-order chi connectivity index (χ0) is 22.8. The number of nitrogens with zero attached hydrogens (tertiary/aromatic N) is 2. The number of hydrogen-bond donors (Lipinski definition) is 0. The molecule has 33 heavy (non-hydrogen) atoms. The van der Waals surface area contributed by atoms with Crippen LogP contribution in [0.3, 0.4) is 0 Å². The number of aromatic nitrogens is 1. The van der Waals surface area contributed by atoms with E-state index in [9.17, 15) is 4.79 Å². The van der Waals surface area contributed by atoms with E-state index >= 15 is 0 Å². The second-order valence-electron chi connectivity index (χ2n) is 8.60. The van der Waals surface area contributed by atoms with Crippen LogP contribution in [-0.2, 0) is 15.2 Å². The highest BCUT2D eigenvalue weighted by atomic mass is 32.2. The molecule has 2 fully saturated rings. The van der Waals surface area contributed by atoms with Gasteiger partial charge in [-0.15, -0.1) is 11.8 Å². The minimum absolute atomic E-state index is 0.0353. The summed E-state index contributed by atoms with van der Waals surface area (Å²) in [5.41, 5.74) is 3.73. The zero-order valence-electron chi connectivity index (χ0n) is 19.0. The van der Waals surface area contributed by atoms with Gasteiger partial charge in [0.05, 0.1) is 18.9 Å². The number of aryl methyl sites for hydroxylation is 2. The van der Waals surface area contributed by atoms with Crippen LogP contribution in [0, 0.1) is 13.8 Å². The van der Waals surface area contributed by atoms with Crippen molar-refractivity contribution in [3.8, 4) is 11.5 Å². The Morgan fingerprint density at radius 3 is 2.33 bits per heavy atom. The third-order valence-electron chi connectivity index (χ3n) is 6.29. The Balaban J connectivity index is 1.22. The van der Waals surface area contributed by atoms with E-state index in [1.54, 1.807) is 11.8 Å². The van der Waals surface area contributed by atoms with Crippen LogP contribution in [-0.4, -0.2) is 47.9 Å². The Labute approximate surface area is 198 Å². The quantitative estimate of drug-likeness (QED) is 0.482. The smallest absolute Gasteiger partial charge is 0.253 e. The van der Waals surface area contributed by atoms with Crippen LogP contribution in [0.2, 0.25) is 0 Å². The summed E-state index contributed by atoms with van der Waals surface area (Å²) < 4.78 is 17.4. The van der Waals surface area contributed by atoms with Crippen molar-refractivity contribution in [2.24, 2.45) is 0 Å². The number of ether oxygens (including phenoxy) is 2. The van der Waals surface area contributed by atoms with Gasteiger partial charge in [-0.05, 0) is 50.2 Å². The van der Waals surface area contributed by atoms with Crippen molar-refractivity contribution >= 4 is 17.7 Å². The number of carbonyl (C=O) groups is 1. The van der Waals surface area contributed by atoms with Crippen molar-refractivity contribution in [1.82, 2.24) is 9.88 Å². The second kappa shape index (κ2) is 9.33. The van der Waals surface area contributed by atoms with E-state index < -0.39 is 5.79 Å². The zero-order valence-corrected chi connectivity index (χ0v) is 19.8. The first-order valence-electron chi connectivity index (χ1n) is 11.3. The Kier molecular flexibility index (Phi) is 6.27. The second-order valence-corrected chi connectivity index (χ2v) is 9.65. The third kappa shape index (κ3) is 4.86. The molecule has 0 atom stereocenters. The molecule has 5 rings (SSSR count). The lowest BCUT2D eigenvalue weighted by atomic mass is 10.0. The summed E-state index contributed by atoms with van der Waals surface area (Å²) in [6.07, 6.45) is 1.44. The predicted octanol–water partition coefficient (Wildman–Crippen LogP) is 5.23. The summed E-state index contributed by atoms with van der Waals surface area (Å²) in [6.45, 7) is 6.59. The van der Waals surface area contributed by atoms with Crippen molar-refractivity contribution < 1.29 is 18.7 Å². The molecule has 3 aromatic rings. The summed E-state index contributed by atoms with van der Waals surface area (Å²) in [5, 5.41) is 0. The fourth-order valence-electron chi connectivity index (χ4n) is 4.25. The first kappa shape index (κ1) is 22.2. The van der Waals surface area contributed by atoms with Gasteiger partial charge in [-0.25, -0.2) is 4.98 Å². The van der Waals surface area contributed by atoms with Crippen LogP contribution in [0.5, 0.6) is 0 Å². The fourth-order valence-corrected chi connectivity index (χ4v) is 5.15. The summed E-state index contributed by atoms with van der Waals surface area (Å²) in [6, 6.07) is 16.0. The molecular formula is C26H28N2O4S. The molecule has 0 saturated carbocycles. The number of rotatable bonds is 5. The number of amides is 1. The topological polar surface area (TPSA) is 64.8 Å². The highest BCUT2D eigenvalue weighted by Crippen LogP contribution is 2.32. The van der Waals surface area contributed by atoms with E-state index in [4.69, 9.17) is 18.9 Å². The van der Waals surface area contributed by atoms with Gasteiger partial charge < -0.3 is 18.8 Å². The van der Waals surface area contributed by atoms with Crippen LogP contribution in [0.25, 0.3) is 11.5 Å². The maximum Gasteiger partial charge on any atom is 0.253 e.